The van der Waals surface area contributed by atoms with Crippen molar-refractivity contribution in [1.29, 1.82) is 0 Å². The summed E-state index contributed by atoms with van der Waals surface area (Å²) >= 11 is 11.8. The molecule has 0 radical (unpaired) electrons. The molecule has 138 valence electrons. The van der Waals surface area contributed by atoms with Crippen LogP contribution in [0.2, 0.25) is 10.0 Å². The average Bonchev–Trinajstić information content (AvgIpc) is 2.64. The molecular weight excluding hydrogens is 377 g/mol. The van der Waals surface area contributed by atoms with Crippen LogP contribution >= 0.6 is 23.2 Å². The van der Waals surface area contributed by atoms with Gasteiger partial charge in [0.1, 0.15) is 5.75 Å². The van der Waals surface area contributed by atoms with Crippen molar-refractivity contribution in [2.75, 3.05) is 13.7 Å². The van der Waals surface area contributed by atoms with E-state index in [1.165, 1.54) is 7.11 Å². The summed E-state index contributed by atoms with van der Waals surface area (Å²) in [7, 11) is 1.33. The number of methoxy groups -OCH3 is 1. The van der Waals surface area contributed by atoms with Crippen molar-refractivity contribution in [2.45, 2.75) is 19.4 Å². The van der Waals surface area contributed by atoms with Crippen molar-refractivity contribution in [3.63, 3.8) is 0 Å². The Labute approximate surface area is 162 Å². The first-order valence-corrected chi connectivity index (χ1v) is 8.77. The number of halogens is 2. The molecule has 1 amide bonds. The van der Waals surface area contributed by atoms with E-state index in [0.29, 0.717) is 47.4 Å². The number of ether oxygens (including phenoxy) is 2. The predicted octanol–water partition coefficient (Wildman–Crippen LogP) is 4.26. The molecule has 0 aliphatic carbocycles. The predicted molar refractivity (Wildman–Crippen MR) is 101 cm³/mol. The van der Waals surface area contributed by atoms with Crippen molar-refractivity contribution in [1.82, 2.24) is 5.32 Å². The second-order valence-electron chi connectivity index (χ2n) is 5.49. The number of esters is 1. The lowest BCUT2D eigenvalue weighted by molar-refractivity contribution is -0.121. The van der Waals surface area contributed by atoms with Crippen LogP contribution in [0.15, 0.2) is 42.5 Å². The highest BCUT2D eigenvalue weighted by Gasteiger charge is 2.06. The molecule has 1 N–H and O–H groups in total. The molecule has 0 bridgehead atoms. The molecule has 2 aromatic rings. The van der Waals surface area contributed by atoms with Gasteiger partial charge in [-0.1, -0.05) is 35.3 Å². The quantitative estimate of drug-likeness (QED) is 0.535. The Kier molecular flexibility index (Phi) is 7.75. The maximum atomic E-state index is 11.9. The van der Waals surface area contributed by atoms with E-state index in [-0.39, 0.29) is 11.9 Å². The third-order valence-electron chi connectivity index (χ3n) is 3.56. The van der Waals surface area contributed by atoms with E-state index in [2.05, 4.69) is 10.1 Å². The fourth-order valence-corrected chi connectivity index (χ4v) is 2.64. The number of carbonyl (C=O) groups is 2. The van der Waals surface area contributed by atoms with Gasteiger partial charge >= 0.3 is 5.97 Å². The molecule has 0 saturated heterocycles. The molecule has 2 rings (SSSR count). The van der Waals surface area contributed by atoms with Crippen molar-refractivity contribution < 1.29 is 19.1 Å². The highest BCUT2D eigenvalue weighted by Crippen LogP contribution is 2.27. The van der Waals surface area contributed by atoms with Crippen LogP contribution in [0.3, 0.4) is 0 Å². The largest absolute Gasteiger partial charge is 0.492 e. The molecule has 0 fully saturated rings. The Bertz CT molecular complexity index is 763. The minimum absolute atomic E-state index is 0.0761. The summed E-state index contributed by atoms with van der Waals surface area (Å²) in [5.74, 6) is 0.0800. The highest BCUT2D eigenvalue weighted by atomic mass is 35.5. The lowest BCUT2D eigenvalue weighted by atomic mass is 10.1. The van der Waals surface area contributed by atoms with Gasteiger partial charge in [0.05, 0.1) is 24.3 Å². The van der Waals surface area contributed by atoms with Gasteiger partial charge in [0.2, 0.25) is 5.91 Å². The van der Waals surface area contributed by atoms with Crippen molar-refractivity contribution in [3.8, 4) is 5.75 Å². The first kappa shape index (κ1) is 20.1. The maximum absolute atomic E-state index is 11.9. The van der Waals surface area contributed by atoms with E-state index in [0.717, 1.165) is 5.56 Å². The van der Waals surface area contributed by atoms with Gasteiger partial charge in [-0.05, 0) is 42.3 Å². The molecule has 5 nitrogen and oxygen atoms in total. The molecule has 0 spiro atoms. The average molecular weight is 396 g/mol. The zero-order chi connectivity index (χ0) is 18.9. The Morgan fingerprint density at radius 2 is 1.81 bits per heavy atom. The Morgan fingerprint density at radius 3 is 2.46 bits per heavy atom. The van der Waals surface area contributed by atoms with Crippen molar-refractivity contribution in [3.05, 3.63) is 63.6 Å². The summed E-state index contributed by atoms with van der Waals surface area (Å²) in [6, 6.07) is 11.9. The van der Waals surface area contributed by atoms with Crippen LogP contribution in [-0.4, -0.2) is 25.6 Å². The second kappa shape index (κ2) is 10.0. The standard InChI is InChI=1S/C19H19Cl2NO4/c1-25-19(24)14-6-4-13(5-7-14)12-22-18(23)3-2-10-26-17-9-8-15(20)11-16(17)21/h4-9,11H,2-3,10,12H2,1H3,(H,22,23). The Balaban J connectivity index is 1.68. The summed E-state index contributed by atoms with van der Waals surface area (Å²) in [4.78, 5) is 23.2. The lowest BCUT2D eigenvalue weighted by Crippen LogP contribution is -2.23. The normalized spacial score (nSPS) is 10.3. The first-order valence-electron chi connectivity index (χ1n) is 8.01. The minimum atomic E-state index is -0.388. The summed E-state index contributed by atoms with van der Waals surface area (Å²) in [6.07, 6.45) is 0.900. The van der Waals surface area contributed by atoms with Gasteiger partial charge in [-0.3, -0.25) is 4.79 Å². The first-order chi connectivity index (χ1) is 12.5. The number of benzene rings is 2. The molecule has 0 aliphatic rings. The molecule has 26 heavy (non-hydrogen) atoms. The molecular formula is C19H19Cl2NO4. The van der Waals surface area contributed by atoms with Gasteiger partial charge in [-0.25, -0.2) is 4.79 Å². The summed E-state index contributed by atoms with van der Waals surface area (Å²) in [6.45, 7) is 0.771. The molecule has 0 heterocycles. The van der Waals surface area contributed by atoms with E-state index >= 15 is 0 Å². The molecule has 7 heteroatoms. The van der Waals surface area contributed by atoms with Crippen LogP contribution in [-0.2, 0) is 16.1 Å². The third-order valence-corrected chi connectivity index (χ3v) is 4.09. The number of nitrogens with one attached hydrogen (secondary N) is 1. The monoisotopic (exact) mass is 395 g/mol. The zero-order valence-corrected chi connectivity index (χ0v) is 15.8. The molecule has 0 atom stereocenters. The number of rotatable bonds is 8. The fourth-order valence-electron chi connectivity index (χ4n) is 2.17. The van der Waals surface area contributed by atoms with E-state index in [4.69, 9.17) is 27.9 Å². The van der Waals surface area contributed by atoms with Crippen LogP contribution in [0, 0.1) is 0 Å². The summed E-state index contributed by atoms with van der Waals surface area (Å²) in [5, 5.41) is 3.81. The number of amides is 1. The van der Waals surface area contributed by atoms with Gasteiger partial charge in [0.25, 0.3) is 0 Å². The number of carbonyl (C=O) groups excluding carboxylic acids is 2. The number of hydrogen-bond donors (Lipinski definition) is 1. The van der Waals surface area contributed by atoms with Crippen LogP contribution in [0.25, 0.3) is 0 Å². The van der Waals surface area contributed by atoms with Crippen LogP contribution in [0.4, 0.5) is 0 Å². The van der Waals surface area contributed by atoms with Gasteiger partial charge in [-0.2, -0.15) is 0 Å². The van der Waals surface area contributed by atoms with Gasteiger partial charge < -0.3 is 14.8 Å². The van der Waals surface area contributed by atoms with E-state index in [1.807, 2.05) is 0 Å². The fraction of sp³-hybridized carbons (Fsp3) is 0.263. The molecule has 0 unspecified atom stereocenters. The topological polar surface area (TPSA) is 64.6 Å². The van der Waals surface area contributed by atoms with E-state index in [1.54, 1.807) is 42.5 Å². The maximum Gasteiger partial charge on any atom is 0.337 e. The second-order valence-corrected chi connectivity index (χ2v) is 6.34. The van der Waals surface area contributed by atoms with Crippen molar-refractivity contribution in [2.24, 2.45) is 0 Å². The van der Waals surface area contributed by atoms with Crippen LogP contribution < -0.4 is 10.1 Å². The summed E-state index contributed by atoms with van der Waals surface area (Å²) in [5.41, 5.74) is 1.37. The summed E-state index contributed by atoms with van der Waals surface area (Å²) < 4.78 is 10.2. The Hall–Kier alpha value is -2.24. The van der Waals surface area contributed by atoms with Gasteiger partial charge in [0, 0.05) is 18.0 Å². The minimum Gasteiger partial charge on any atom is -0.492 e. The molecule has 0 aromatic heterocycles. The number of hydrogen-bond acceptors (Lipinski definition) is 4. The highest BCUT2D eigenvalue weighted by molar-refractivity contribution is 6.35. The zero-order valence-electron chi connectivity index (χ0n) is 14.3. The van der Waals surface area contributed by atoms with Crippen LogP contribution in [0.1, 0.15) is 28.8 Å². The molecule has 2 aromatic carbocycles. The smallest absolute Gasteiger partial charge is 0.337 e. The van der Waals surface area contributed by atoms with E-state index in [9.17, 15) is 9.59 Å². The third kappa shape index (κ3) is 6.24. The van der Waals surface area contributed by atoms with Crippen molar-refractivity contribution >= 4 is 35.1 Å². The lowest BCUT2D eigenvalue weighted by Gasteiger charge is -2.09. The Morgan fingerprint density at radius 1 is 1.08 bits per heavy atom. The SMILES string of the molecule is COC(=O)c1ccc(CNC(=O)CCCOc2ccc(Cl)cc2Cl)cc1. The van der Waals surface area contributed by atoms with Gasteiger partial charge in [0.15, 0.2) is 0 Å². The van der Waals surface area contributed by atoms with E-state index < -0.39 is 0 Å². The molecule has 0 saturated carbocycles. The molecule has 0 aliphatic heterocycles. The van der Waals surface area contributed by atoms with Crippen LogP contribution in [0.5, 0.6) is 5.75 Å². The van der Waals surface area contributed by atoms with Gasteiger partial charge in [-0.15, -0.1) is 0 Å².